The fraction of sp³-hybridized carbons (Fsp3) is 0.600. The van der Waals surface area contributed by atoms with Crippen molar-refractivity contribution >= 4 is 0 Å². The molecule has 0 bridgehead atoms. The van der Waals surface area contributed by atoms with Crippen LogP contribution < -0.4 is 4.74 Å². The molecule has 0 amide bonds. The predicted molar refractivity (Wildman–Crippen MR) is 67.2 cm³/mol. The van der Waals surface area contributed by atoms with Gasteiger partial charge in [-0.25, -0.2) is 0 Å². The fourth-order valence-corrected chi connectivity index (χ4v) is 3.00. The van der Waals surface area contributed by atoms with Crippen LogP contribution in [0.4, 0.5) is 0 Å². The SMILES string of the molecule is CC1CCC(O)(c2ccc3c(c2)CCO3)CC1. The Bertz CT molecular complexity index is 417. The summed E-state index contributed by atoms with van der Waals surface area (Å²) in [4.78, 5) is 0. The molecule has 0 spiro atoms. The largest absolute Gasteiger partial charge is 0.493 e. The number of benzene rings is 1. The first-order chi connectivity index (χ1) is 8.17. The summed E-state index contributed by atoms with van der Waals surface area (Å²) in [5, 5.41) is 10.8. The van der Waals surface area contributed by atoms with Crippen molar-refractivity contribution in [2.75, 3.05) is 6.61 Å². The molecule has 2 heteroatoms. The van der Waals surface area contributed by atoms with Gasteiger partial charge in [0.2, 0.25) is 0 Å². The summed E-state index contributed by atoms with van der Waals surface area (Å²) in [5.74, 6) is 1.76. The van der Waals surface area contributed by atoms with E-state index in [4.69, 9.17) is 4.74 Å². The van der Waals surface area contributed by atoms with Gasteiger partial charge in [-0.05, 0) is 54.9 Å². The van der Waals surface area contributed by atoms with Crippen molar-refractivity contribution in [3.05, 3.63) is 29.3 Å². The lowest BCUT2D eigenvalue weighted by atomic mass is 9.75. The maximum Gasteiger partial charge on any atom is 0.122 e. The molecule has 1 N–H and O–H groups in total. The van der Waals surface area contributed by atoms with Crippen LogP contribution in [0.3, 0.4) is 0 Å². The molecule has 1 heterocycles. The van der Waals surface area contributed by atoms with Crippen molar-refractivity contribution in [2.45, 2.75) is 44.6 Å². The second-order valence-corrected chi connectivity index (χ2v) is 5.64. The lowest BCUT2D eigenvalue weighted by Gasteiger charge is -2.35. The van der Waals surface area contributed by atoms with E-state index in [2.05, 4.69) is 13.0 Å². The summed E-state index contributed by atoms with van der Waals surface area (Å²) < 4.78 is 5.51. The van der Waals surface area contributed by atoms with Gasteiger partial charge in [-0.1, -0.05) is 13.0 Å². The van der Waals surface area contributed by atoms with Gasteiger partial charge in [0, 0.05) is 6.42 Å². The second-order valence-electron chi connectivity index (χ2n) is 5.64. The average Bonchev–Trinajstić information content (AvgIpc) is 2.80. The third-order valence-corrected chi connectivity index (χ3v) is 4.33. The van der Waals surface area contributed by atoms with Crippen LogP contribution in [-0.4, -0.2) is 11.7 Å². The molecule has 1 aromatic carbocycles. The van der Waals surface area contributed by atoms with Gasteiger partial charge < -0.3 is 9.84 Å². The van der Waals surface area contributed by atoms with E-state index in [1.807, 2.05) is 12.1 Å². The van der Waals surface area contributed by atoms with E-state index < -0.39 is 5.60 Å². The van der Waals surface area contributed by atoms with E-state index in [0.29, 0.717) is 0 Å². The highest BCUT2D eigenvalue weighted by Gasteiger charge is 2.34. The molecule has 1 aliphatic carbocycles. The third-order valence-electron chi connectivity index (χ3n) is 4.33. The van der Waals surface area contributed by atoms with Gasteiger partial charge in [0.1, 0.15) is 5.75 Å². The molecule has 2 nitrogen and oxygen atoms in total. The van der Waals surface area contributed by atoms with E-state index in [1.54, 1.807) is 0 Å². The summed E-state index contributed by atoms with van der Waals surface area (Å²) in [6.45, 7) is 3.06. The van der Waals surface area contributed by atoms with Gasteiger partial charge in [-0.15, -0.1) is 0 Å². The van der Waals surface area contributed by atoms with Crippen LogP contribution in [0.25, 0.3) is 0 Å². The second kappa shape index (κ2) is 4.02. The molecular formula is C15H20O2. The molecule has 1 aromatic rings. The Morgan fingerprint density at radius 3 is 2.82 bits per heavy atom. The Balaban J connectivity index is 1.88. The quantitative estimate of drug-likeness (QED) is 0.806. The molecule has 17 heavy (non-hydrogen) atoms. The number of rotatable bonds is 1. The zero-order chi connectivity index (χ0) is 11.9. The maximum atomic E-state index is 10.8. The number of fused-ring (bicyclic) bond motifs is 1. The van der Waals surface area contributed by atoms with Crippen LogP contribution in [0.1, 0.15) is 43.7 Å². The molecule has 2 aliphatic rings. The summed E-state index contributed by atoms with van der Waals surface area (Å²) in [6.07, 6.45) is 5.03. The van der Waals surface area contributed by atoms with Crippen molar-refractivity contribution < 1.29 is 9.84 Å². The monoisotopic (exact) mass is 232 g/mol. The Morgan fingerprint density at radius 2 is 2.06 bits per heavy atom. The molecule has 1 saturated carbocycles. The van der Waals surface area contributed by atoms with Crippen LogP contribution in [0.15, 0.2) is 18.2 Å². The van der Waals surface area contributed by atoms with Crippen molar-refractivity contribution in [1.29, 1.82) is 0 Å². The minimum Gasteiger partial charge on any atom is -0.493 e. The van der Waals surface area contributed by atoms with Crippen LogP contribution in [0.2, 0.25) is 0 Å². The minimum atomic E-state index is -0.593. The molecule has 0 atom stereocenters. The zero-order valence-electron chi connectivity index (χ0n) is 10.4. The highest BCUT2D eigenvalue weighted by atomic mass is 16.5. The average molecular weight is 232 g/mol. The van der Waals surface area contributed by atoms with Gasteiger partial charge in [-0.2, -0.15) is 0 Å². The highest BCUT2D eigenvalue weighted by Crippen LogP contribution is 2.41. The maximum absolute atomic E-state index is 10.8. The molecule has 92 valence electrons. The van der Waals surface area contributed by atoms with Crippen LogP contribution in [0.5, 0.6) is 5.75 Å². The Hall–Kier alpha value is -1.02. The highest BCUT2D eigenvalue weighted by molar-refractivity contribution is 5.41. The van der Waals surface area contributed by atoms with Crippen molar-refractivity contribution in [3.8, 4) is 5.75 Å². The number of hydrogen-bond donors (Lipinski definition) is 1. The summed E-state index contributed by atoms with van der Waals surface area (Å²) in [6, 6.07) is 6.21. The molecule has 0 radical (unpaired) electrons. The van der Waals surface area contributed by atoms with Gasteiger partial charge in [0.05, 0.1) is 12.2 Å². The first-order valence-corrected chi connectivity index (χ1v) is 6.66. The van der Waals surface area contributed by atoms with E-state index in [0.717, 1.165) is 55.9 Å². The van der Waals surface area contributed by atoms with Crippen LogP contribution in [0, 0.1) is 5.92 Å². The first-order valence-electron chi connectivity index (χ1n) is 6.66. The Morgan fingerprint density at radius 1 is 1.29 bits per heavy atom. The molecule has 3 rings (SSSR count). The molecule has 1 aliphatic heterocycles. The van der Waals surface area contributed by atoms with Crippen LogP contribution in [-0.2, 0) is 12.0 Å². The zero-order valence-corrected chi connectivity index (χ0v) is 10.4. The predicted octanol–water partition coefficient (Wildman–Crippen LogP) is 3.02. The van der Waals surface area contributed by atoms with Gasteiger partial charge >= 0.3 is 0 Å². The Kier molecular flexibility index (Phi) is 2.62. The van der Waals surface area contributed by atoms with E-state index in [-0.39, 0.29) is 0 Å². The third kappa shape index (κ3) is 1.95. The minimum absolute atomic E-state index is 0.593. The topological polar surface area (TPSA) is 29.5 Å². The number of hydrogen-bond acceptors (Lipinski definition) is 2. The summed E-state index contributed by atoms with van der Waals surface area (Å²) >= 11 is 0. The van der Waals surface area contributed by atoms with E-state index in [1.165, 1.54) is 5.56 Å². The standard InChI is InChI=1S/C15H20O2/c1-11-4-7-15(16,8-5-11)13-2-3-14-12(10-13)6-9-17-14/h2-3,10-11,16H,4-9H2,1H3. The van der Waals surface area contributed by atoms with Crippen LogP contribution >= 0.6 is 0 Å². The Labute approximate surface area is 103 Å². The van der Waals surface area contributed by atoms with Crippen molar-refractivity contribution in [1.82, 2.24) is 0 Å². The van der Waals surface area contributed by atoms with E-state index >= 15 is 0 Å². The lowest BCUT2D eigenvalue weighted by Crippen LogP contribution is -2.30. The van der Waals surface area contributed by atoms with Gasteiger partial charge in [0.15, 0.2) is 0 Å². The number of aliphatic hydroxyl groups is 1. The lowest BCUT2D eigenvalue weighted by molar-refractivity contribution is -0.0120. The fourth-order valence-electron chi connectivity index (χ4n) is 3.00. The van der Waals surface area contributed by atoms with E-state index in [9.17, 15) is 5.11 Å². The summed E-state index contributed by atoms with van der Waals surface area (Å²) in [5.41, 5.74) is 1.76. The molecular weight excluding hydrogens is 212 g/mol. The number of ether oxygens (including phenoxy) is 1. The first kappa shape index (κ1) is 11.1. The smallest absolute Gasteiger partial charge is 0.122 e. The molecule has 0 unspecified atom stereocenters. The normalized spacial score (nSPS) is 32.0. The molecule has 0 aromatic heterocycles. The molecule has 0 saturated heterocycles. The molecule has 1 fully saturated rings. The van der Waals surface area contributed by atoms with Crippen molar-refractivity contribution in [2.24, 2.45) is 5.92 Å². The summed E-state index contributed by atoms with van der Waals surface area (Å²) in [7, 11) is 0. The van der Waals surface area contributed by atoms with Gasteiger partial charge in [0.25, 0.3) is 0 Å². The van der Waals surface area contributed by atoms with Gasteiger partial charge in [-0.3, -0.25) is 0 Å². The van der Waals surface area contributed by atoms with Crippen molar-refractivity contribution in [3.63, 3.8) is 0 Å².